The van der Waals surface area contributed by atoms with Crippen LogP contribution in [0.1, 0.15) is 61.8 Å². The van der Waals surface area contributed by atoms with Gasteiger partial charge in [-0.3, -0.25) is 4.79 Å². The number of urea groups is 1. The molecule has 11 heteroatoms. The first kappa shape index (κ1) is 30.4. The Bertz CT molecular complexity index is 1090. The molecule has 0 aliphatic carbocycles. The summed E-state index contributed by atoms with van der Waals surface area (Å²) in [6.45, 7) is 10.8. The zero-order chi connectivity index (χ0) is 28.5. The molecule has 216 valence electrons. The maximum Gasteiger partial charge on any atom is 0.323 e. The molecule has 1 aliphatic rings. The maximum atomic E-state index is 14.0. The zero-order valence-corrected chi connectivity index (χ0v) is 23.9. The molecular formula is C28H43N5O6. The number of fused-ring (bicyclic) bond motifs is 1. The van der Waals surface area contributed by atoms with Gasteiger partial charge in [0.1, 0.15) is 17.1 Å². The van der Waals surface area contributed by atoms with Gasteiger partial charge in [0.15, 0.2) is 5.76 Å². The van der Waals surface area contributed by atoms with E-state index >= 15 is 0 Å². The van der Waals surface area contributed by atoms with E-state index in [1.165, 1.54) is 0 Å². The number of nitrogens with one attached hydrogen (secondary N) is 3. The van der Waals surface area contributed by atoms with Crippen LogP contribution in [0.3, 0.4) is 0 Å². The highest BCUT2D eigenvalue weighted by Gasteiger charge is 2.29. The van der Waals surface area contributed by atoms with E-state index in [9.17, 15) is 14.7 Å². The van der Waals surface area contributed by atoms with Crippen molar-refractivity contribution in [3.05, 3.63) is 35.2 Å². The van der Waals surface area contributed by atoms with Crippen LogP contribution in [0, 0.1) is 19.8 Å². The lowest BCUT2D eigenvalue weighted by molar-refractivity contribution is -0.000451. The van der Waals surface area contributed by atoms with Crippen LogP contribution in [0.25, 0.3) is 0 Å². The van der Waals surface area contributed by atoms with E-state index in [1.807, 2.05) is 20.9 Å². The summed E-state index contributed by atoms with van der Waals surface area (Å²) in [5, 5.41) is 22.6. The molecule has 1 aliphatic heterocycles. The average Bonchev–Trinajstić information content (AvgIpc) is 3.22. The number of aliphatic hydroxyl groups excluding tert-OH is 1. The van der Waals surface area contributed by atoms with E-state index in [0.29, 0.717) is 53.8 Å². The normalized spacial score (nSPS) is 21.9. The molecule has 0 bridgehead atoms. The number of benzene rings is 1. The number of rotatable bonds is 6. The van der Waals surface area contributed by atoms with Crippen molar-refractivity contribution in [1.29, 1.82) is 0 Å². The highest BCUT2D eigenvalue weighted by atomic mass is 16.5. The number of aromatic nitrogens is 1. The molecule has 0 fully saturated rings. The topological polar surface area (TPSA) is 138 Å². The lowest BCUT2D eigenvalue weighted by Crippen LogP contribution is -2.47. The fourth-order valence-electron chi connectivity index (χ4n) is 4.63. The fraction of sp³-hybridized carbons (Fsp3) is 0.607. The minimum Gasteiger partial charge on any atom is -0.490 e. The Hall–Kier alpha value is -3.15. The number of aryl methyl sites for hydroxylation is 2. The molecule has 2 heterocycles. The van der Waals surface area contributed by atoms with Crippen molar-refractivity contribution in [3.63, 3.8) is 0 Å². The molecule has 0 unspecified atom stereocenters. The van der Waals surface area contributed by atoms with Crippen molar-refractivity contribution >= 4 is 23.3 Å². The number of nitrogens with zero attached hydrogens (tertiary/aromatic N) is 2. The SMILES string of the molecule is CNC[C@@H]1OCCCC[C@H](C)Oc2ccc(NC(=O)Nc3c(C)noc3C)cc2C(=O)N([C@H](C)CO)C[C@H]1C. The van der Waals surface area contributed by atoms with Crippen LogP contribution in [-0.4, -0.2) is 78.7 Å². The number of carbonyl (C=O) groups is 2. The van der Waals surface area contributed by atoms with Crippen LogP contribution in [-0.2, 0) is 4.74 Å². The van der Waals surface area contributed by atoms with Crippen LogP contribution < -0.4 is 20.7 Å². The van der Waals surface area contributed by atoms with Gasteiger partial charge in [-0.1, -0.05) is 12.1 Å². The van der Waals surface area contributed by atoms with Crippen molar-refractivity contribution in [3.8, 4) is 5.75 Å². The minimum absolute atomic E-state index is 0.00349. The van der Waals surface area contributed by atoms with E-state index < -0.39 is 12.1 Å². The van der Waals surface area contributed by atoms with Gasteiger partial charge in [-0.25, -0.2) is 4.79 Å². The third-order valence-corrected chi connectivity index (χ3v) is 6.99. The van der Waals surface area contributed by atoms with Gasteiger partial charge >= 0.3 is 6.03 Å². The van der Waals surface area contributed by atoms with Gasteiger partial charge in [0.2, 0.25) is 0 Å². The summed E-state index contributed by atoms with van der Waals surface area (Å²) in [6, 6.07) is 4.10. The number of ether oxygens (including phenoxy) is 2. The van der Waals surface area contributed by atoms with Crippen molar-refractivity contribution in [1.82, 2.24) is 15.4 Å². The molecule has 4 atom stereocenters. The molecule has 3 rings (SSSR count). The molecule has 0 saturated heterocycles. The van der Waals surface area contributed by atoms with Gasteiger partial charge in [-0.05, 0) is 72.2 Å². The minimum atomic E-state index is -0.492. The lowest BCUT2D eigenvalue weighted by atomic mass is 10.0. The Labute approximate surface area is 230 Å². The molecule has 11 nitrogen and oxygen atoms in total. The summed E-state index contributed by atoms with van der Waals surface area (Å²) in [6.07, 6.45) is 2.43. The molecule has 0 radical (unpaired) electrons. The van der Waals surface area contributed by atoms with E-state index in [1.54, 1.807) is 36.9 Å². The van der Waals surface area contributed by atoms with Crippen LogP contribution in [0.15, 0.2) is 22.7 Å². The Morgan fingerprint density at radius 3 is 2.67 bits per heavy atom. The summed E-state index contributed by atoms with van der Waals surface area (Å²) in [4.78, 5) is 28.4. The number of hydrogen-bond acceptors (Lipinski definition) is 8. The number of likely N-dealkylation sites (N-methyl/N-ethyl adjacent to an activating group) is 1. The largest absolute Gasteiger partial charge is 0.490 e. The maximum absolute atomic E-state index is 14.0. The molecule has 0 saturated carbocycles. The molecule has 39 heavy (non-hydrogen) atoms. The summed E-state index contributed by atoms with van der Waals surface area (Å²) in [5.74, 6) is 0.643. The number of carbonyl (C=O) groups excluding carboxylic acids is 2. The summed E-state index contributed by atoms with van der Waals surface area (Å²) in [5.41, 5.74) is 1.79. The Balaban J connectivity index is 1.94. The second kappa shape index (κ2) is 14.3. The lowest BCUT2D eigenvalue weighted by Gasteiger charge is -2.34. The van der Waals surface area contributed by atoms with Gasteiger partial charge in [0.25, 0.3) is 5.91 Å². The molecule has 1 aromatic heterocycles. The predicted molar refractivity (Wildman–Crippen MR) is 149 cm³/mol. The first-order valence-corrected chi connectivity index (χ1v) is 13.6. The molecule has 3 amide bonds. The highest BCUT2D eigenvalue weighted by Crippen LogP contribution is 2.29. The predicted octanol–water partition coefficient (Wildman–Crippen LogP) is 3.95. The first-order valence-electron chi connectivity index (χ1n) is 13.6. The van der Waals surface area contributed by atoms with Crippen molar-refractivity contribution in [2.45, 2.75) is 72.1 Å². The number of anilines is 2. The monoisotopic (exact) mass is 545 g/mol. The second-order valence-corrected chi connectivity index (χ2v) is 10.3. The van der Waals surface area contributed by atoms with Gasteiger partial charge in [-0.2, -0.15) is 0 Å². The molecule has 1 aromatic carbocycles. The standard InChI is InChI=1S/C28H43N5O6/c1-17-15-33(18(2)16-34)27(35)23-13-22(30-28(36)31-26-20(4)32-39-21(26)5)10-11-24(23)38-19(3)9-7-8-12-37-25(17)14-29-6/h10-11,13,17-19,25,29,34H,7-9,12,14-16H2,1-6H3,(H2,30,31,36)/t17-,18-,19+,25+/m1/s1. The van der Waals surface area contributed by atoms with Crippen molar-refractivity contribution in [2.24, 2.45) is 5.92 Å². The summed E-state index contributed by atoms with van der Waals surface area (Å²) in [7, 11) is 1.88. The summed E-state index contributed by atoms with van der Waals surface area (Å²) < 4.78 is 17.5. The first-order chi connectivity index (χ1) is 18.6. The van der Waals surface area contributed by atoms with Gasteiger partial charge < -0.3 is 40.0 Å². The molecule has 0 spiro atoms. The summed E-state index contributed by atoms with van der Waals surface area (Å²) >= 11 is 0. The van der Waals surface area contributed by atoms with Gasteiger partial charge in [-0.15, -0.1) is 0 Å². The van der Waals surface area contributed by atoms with Crippen LogP contribution in [0.2, 0.25) is 0 Å². The smallest absolute Gasteiger partial charge is 0.323 e. The molecule has 4 N–H and O–H groups in total. The Kier molecular flexibility index (Phi) is 11.1. The number of aliphatic hydroxyl groups is 1. The quantitative estimate of drug-likeness (QED) is 0.428. The highest BCUT2D eigenvalue weighted by molar-refractivity contribution is 6.03. The third-order valence-electron chi connectivity index (χ3n) is 6.99. The van der Waals surface area contributed by atoms with Crippen molar-refractivity contribution in [2.75, 3.05) is 44.0 Å². The van der Waals surface area contributed by atoms with E-state index in [2.05, 4.69) is 28.0 Å². The van der Waals surface area contributed by atoms with Crippen molar-refractivity contribution < 1.29 is 28.7 Å². The average molecular weight is 546 g/mol. The van der Waals surface area contributed by atoms with Crippen LogP contribution in [0.4, 0.5) is 16.2 Å². The Morgan fingerprint density at radius 2 is 2.00 bits per heavy atom. The van der Waals surface area contributed by atoms with Gasteiger partial charge in [0, 0.05) is 31.3 Å². The van der Waals surface area contributed by atoms with E-state index in [-0.39, 0.29) is 30.6 Å². The zero-order valence-electron chi connectivity index (χ0n) is 23.9. The van der Waals surface area contributed by atoms with Crippen LogP contribution >= 0.6 is 0 Å². The number of hydrogen-bond donors (Lipinski definition) is 4. The number of amides is 3. The molecule has 2 aromatic rings. The Morgan fingerprint density at radius 1 is 1.23 bits per heavy atom. The van der Waals surface area contributed by atoms with Crippen LogP contribution in [0.5, 0.6) is 5.75 Å². The fourth-order valence-corrected chi connectivity index (χ4v) is 4.63. The molecular weight excluding hydrogens is 502 g/mol. The second-order valence-electron chi connectivity index (χ2n) is 10.3. The third kappa shape index (κ3) is 8.17. The van der Waals surface area contributed by atoms with Gasteiger partial charge in [0.05, 0.1) is 30.4 Å². The van der Waals surface area contributed by atoms with E-state index in [0.717, 1.165) is 19.3 Å². The van der Waals surface area contributed by atoms with E-state index in [4.69, 9.17) is 14.0 Å².